The molecule has 28 heavy (non-hydrogen) atoms. The molecule has 0 saturated heterocycles. The molecule has 0 fully saturated rings. The zero-order chi connectivity index (χ0) is 19.7. The summed E-state index contributed by atoms with van der Waals surface area (Å²) in [6.45, 7) is 4.08. The quantitative estimate of drug-likeness (QED) is 0.603. The lowest BCUT2D eigenvalue weighted by atomic mass is 9.87. The first-order valence-corrected chi connectivity index (χ1v) is 10.4. The molecule has 8 nitrogen and oxygen atoms in total. The number of aryl methyl sites for hydroxylation is 1. The molecular weight excluding hydrogens is 378 g/mol. The summed E-state index contributed by atoms with van der Waals surface area (Å²) in [5.41, 5.74) is 2.06. The summed E-state index contributed by atoms with van der Waals surface area (Å²) in [5, 5.41) is 5.49. The number of carbonyl (C=O) groups excluding carboxylic acids is 1. The maximum Gasteiger partial charge on any atom is 0.293 e. The Balaban J connectivity index is 1.75. The van der Waals surface area contributed by atoms with Crippen LogP contribution in [0, 0.1) is 0 Å². The summed E-state index contributed by atoms with van der Waals surface area (Å²) in [6.07, 6.45) is 5.13. The summed E-state index contributed by atoms with van der Waals surface area (Å²) in [6, 6.07) is 0. The number of fused-ring (bicyclic) bond motifs is 5. The fourth-order valence-corrected chi connectivity index (χ4v) is 5.13. The first kappa shape index (κ1) is 19.2. The maximum absolute atomic E-state index is 13.0. The lowest BCUT2D eigenvalue weighted by Gasteiger charge is -2.20. The molecule has 0 unspecified atom stereocenters. The third-order valence-corrected chi connectivity index (χ3v) is 6.46. The van der Waals surface area contributed by atoms with Gasteiger partial charge in [0.05, 0.1) is 18.6 Å². The van der Waals surface area contributed by atoms with Crippen molar-refractivity contribution in [3.05, 3.63) is 22.6 Å². The smallest absolute Gasteiger partial charge is 0.293 e. The summed E-state index contributed by atoms with van der Waals surface area (Å²) in [5.74, 6) is 0.439. The van der Waals surface area contributed by atoms with E-state index in [-0.39, 0.29) is 11.7 Å². The minimum Gasteiger partial charge on any atom is -0.383 e. The predicted octanol–water partition coefficient (Wildman–Crippen LogP) is 2.51. The maximum atomic E-state index is 13.0. The highest BCUT2D eigenvalue weighted by atomic mass is 32.1. The normalized spacial score (nSPS) is 16.6. The number of thiophene rings is 1. The third kappa shape index (κ3) is 3.38. The minimum atomic E-state index is -0.219. The molecule has 1 amide bonds. The average Bonchev–Trinajstić information content (AvgIpc) is 3.29. The topological polar surface area (TPSA) is 81.9 Å². The van der Waals surface area contributed by atoms with Crippen LogP contribution in [0.4, 0.5) is 0 Å². The van der Waals surface area contributed by atoms with Crippen molar-refractivity contribution in [2.24, 2.45) is 0 Å². The van der Waals surface area contributed by atoms with Gasteiger partial charge in [-0.1, -0.05) is 6.92 Å². The van der Waals surface area contributed by atoms with E-state index in [1.165, 1.54) is 23.3 Å². The number of hydrogen-bond donors (Lipinski definition) is 0. The number of methoxy groups -OCH3 is 2. The summed E-state index contributed by atoms with van der Waals surface area (Å²) < 4.78 is 11.9. The molecule has 3 aromatic heterocycles. The van der Waals surface area contributed by atoms with E-state index in [0.29, 0.717) is 32.2 Å². The van der Waals surface area contributed by atoms with Gasteiger partial charge in [0, 0.05) is 32.2 Å². The molecule has 9 heteroatoms. The molecule has 3 aromatic rings. The molecule has 0 spiro atoms. The van der Waals surface area contributed by atoms with Gasteiger partial charge in [-0.15, -0.1) is 16.4 Å². The molecule has 0 N–H and O–H groups in total. The summed E-state index contributed by atoms with van der Waals surface area (Å²) in [4.78, 5) is 26.3. The van der Waals surface area contributed by atoms with Gasteiger partial charge in [-0.3, -0.25) is 4.79 Å². The van der Waals surface area contributed by atoms with Crippen molar-refractivity contribution < 1.29 is 14.3 Å². The second-order valence-electron chi connectivity index (χ2n) is 7.14. The molecule has 4 rings (SSSR count). The number of aromatic nitrogens is 4. The molecule has 0 bridgehead atoms. The van der Waals surface area contributed by atoms with Crippen LogP contribution in [0.2, 0.25) is 0 Å². The van der Waals surface area contributed by atoms with E-state index in [1.807, 2.05) is 0 Å². The molecule has 0 radical (unpaired) electrons. The zero-order valence-corrected chi connectivity index (χ0v) is 17.3. The van der Waals surface area contributed by atoms with Crippen LogP contribution in [0.25, 0.3) is 15.9 Å². The van der Waals surface area contributed by atoms with Crippen LogP contribution in [0.5, 0.6) is 0 Å². The van der Waals surface area contributed by atoms with Crippen LogP contribution in [0.1, 0.15) is 46.7 Å². The zero-order valence-electron chi connectivity index (χ0n) is 16.5. The number of amides is 1. The Morgan fingerprint density at radius 1 is 1.32 bits per heavy atom. The highest BCUT2D eigenvalue weighted by Crippen LogP contribution is 2.42. The molecular formula is C19H25N5O3S. The Kier molecular flexibility index (Phi) is 5.56. The third-order valence-electron chi connectivity index (χ3n) is 5.29. The van der Waals surface area contributed by atoms with Gasteiger partial charge >= 0.3 is 0 Å². The van der Waals surface area contributed by atoms with E-state index in [9.17, 15) is 4.79 Å². The van der Waals surface area contributed by atoms with Gasteiger partial charge in [-0.25, -0.2) is 14.5 Å². The van der Waals surface area contributed by atoms with Crippen molar-refractivity contribution in [3.63, 3.8) is 0 Å². The molecule has 1 atom stereocenters. The van der Waals surface area contributed by atoms with Crippen LogP contribution in [-0.4, -0.2) is 70.9 Å². The Morgan fingerprint density at radius 3 is 2.79 bits per heavy atom. The van der Waals surface area contributed by atoms with Crippen LogP contribution in [0.15, 0.2) is 6.33 Å². The van der Waals surface area contributed by atoms with Crippen LogP contribution in [-0.2, 0) is 15.9 Å². The minimum absolute atomic E-state index is 0.185. The van der Waals surface area contributed by atoms with Gasteiger partial charge in [0.1, 0.15) is 11.2 Å². The predicted molar refractivity (Wildman–Crippen MR) is 107 cm³/mol. The monoisotopic (exact) mass is 403 g/mol. The molecule has 1 aliphatic rings. The van der Waals surface area contributed by atoms with E-state index in [1.54, 1.807) is 41.3 Å². The van der Waals surface area contributed by atoms with E-state index in [2.05, 4.69) is 22.0 Å². The van der Waals surface area contributed by atoms with Crippen LogP contribution < -0.4 is 0 Å². The van der Waals surface area contributed by atoms with Gasteiger partial charge in [-0.2, -0.15) is 0 Å². The van der Waals surface area contributed by atoms with Crippen molar-refractivity contribution in [3.8, 4) is 0 Å². The second kappa shape index (κ2) is 8.10. The first-order chi connectivity index (χ1) is 13.6. The van der Waals surface area contributed by atoms with E-state index in [0.717, 1.165) is 22.3 Å². The summed E-state index contributed by atoms with van der Waals surface area (Å²) >= 11 is 1.74. The molecule has 0 aliphatic heterocycles. The van der Waals surface area contributed by atoms with E-state index < -0.39 is 0 Å². The highest BCUT2D eigenvalue weighted by Gasteiger charge is 2.27. The highest BCUT2D eigenvalue weighted by molar-refractivity contribution is 7.19. The Hall–Kier alpha value is -2.10. The van der Waals surface area contributed by atoms with Crippen molar-refractivity contribution in [1.82, 2.24) is 24.5 Å². The first-order valence-electron chi connectivity index (χ1n) is 9.57. The largest absolute Gasteiger partial charge is 0.383 e. The number of carbonyl (C=O) groups is 1. The van der Waals surface area contributed by atoms with Gasteiger partial charge in [0.25, 0.3) is 5.91 Å². The summed E-state index contributed by atoms with van der Waals surface area (Å²) in [7, 11) is 3.23. The lowest BCUT2D eigenvalue weighted by Crippen LogP contribution is -2.37. The molecule has 3 heterocycles. The van der Waals surface area contributed by atoms with E-state index >= 15 is 0 Å². The number of hydrogen-bond acceptors (Lipinski definition) is 7. The van der Waals surface area contributed by atoms with Crippen LogP contribution in [0.3, 0.4) is 0 Å². The van der Waals surface area contributed by atoms with Crippen molar-refractivity contribution in [2.45, 2.75) is 32.1 Å². The Morgan fingerprint density at radius 2 is 2.07 bits per heavy atom. The Bertz CT molecular complexity index is 990. The lowest BCUT2D eigenvalue weighted by molar-refractivity contribution is 0.0616. The number of ether oxygens (including phenoxy) is 2. The van der Waals surface area contributed by atoms with Crippen molar-refractivity contribution in [1.29, 1.82) is 0 Å². The fraction of sp³-hybridized carbons (Fsp3) is 0.579. The molecule has 1 aliphatic carbocycles. The number of nitrogens with zero attached hydrogens (tertiary/aromatic N) is 5. The molecule has 0 saturated carbocycles. The molecule has 150 valence electrons. The van der Waals surface area contributed by atoms with Gasteiger partial charge in [0.15, 0.2) is 5.65 Å². The average molecular weight is 404 g/mol. The van der Waals surface area contributed by atoms with E-state index in [4.69, 9.17) is 9.47 Å². The molecule has 0 aromatic carbocycles. The van der Waals surface area contributed by atoms with Crippen molar-refractivity contribution >= 4 is 33.1 Å². The second-order valence-corrected chi connectivity index (χ2v) is 8.22. The van der Waals surface area contributed by atoms with Gasteiger partial charge in [-0.05, 0) is 30.7 Å². The standard InChI is InChI=1S/C19H25N5O3S/c1-12-5-4-6-13-14(12)15-17-21-16(22-24(17)11-20-18(15)28-13)19(25)23(7-9-26-2)8-10-27-3/h11-12H,4-10H2,1-3H3/t12-/m1/s1. The fourth-order valence-electron chi connectivity index (χ4n) is 3.84. The van der Waals surface area contributed by atoms with Gasteiger partial charge < -0.3 is 14.4 Å². The Labute approximate surface area is 167 Å². The van der Waals surface area contributed by atoms with Crippen molar-refractivity contribution in [2.75, 3.05) is 40.5 Å². The van der Waals surface area contributed by atoms with Gasteiger partial charge in [0.2, 0.25) is 5.82 Å². The SMILES string of the molecule is COCCN(CCOC)C(=O)c1nc2c3c4c(sc3ncn2n1)CCC[C@H]4C. The van der Waals surface area contributed by atoms with Crippen LogP contribution >= 0.6 is 11.3 Å². The number of rotatable bonds is 7.